The number of hydrogen-bond donors (Lipinski definition) is 0. The summed E-state index contributed by atoms with van der Waals surface area (Å²) in [5.74, 6) is 1.51. The van der Waals surface area contributed by atoms with Crippen molar-refractivity contribution in [3.05, 3.63) is 82.6 Å². The summed E-state index contributed by atoms with van der Waals surface area (Å²) in [6.07, 6.45) is 0.775. The van der Waals surface area contributed by atoms with Crippen LogP contribution in [0.3, 0.4) is 0 Å². The number of nitrogens with zero attached hydrogens (tertiary/aromatic N) is 4. The SMILES string of the molecule is CCC(C(=O)N1CCN(c2ccc(=O)n(-c3ccc(OC)cc3)n2)CC1)c1ccccc1. The number of ether oxygens (including phenoxy) is 1. The van der Waals surface area contributed by atoms with Crippen LogP contribution in [0.4, 0.5) is 5.82 Å². The summed E-state index contributed by atoms with van der Waals surface area (Å²) < 4.78 is 6.59. The molecule has 4 rings (SSSR count). The van der Waals surface area contributed by atoms with Crippen molar-refractivity contribution in [2.75, 3.05) is 38.2 Å². The van der Waals surface area contributed by atoms with E-state index in [0.717, 1.165) is 23.6 Å². The van der Waals surface area contributed by atoms with Crippen LogP contribution in [0.1, 0.15) is 24.8 Å². The molecular formula is C25H28N4O3. The van der Waals surface area contributed by atoms with Crippen LogP contribution in [-0.2, 0) is 4.79 Å². The molecule has 3 aromatic rings. The van der Waals surface area contributed by atoms with E-state index in [4.69, 9.17) is 4.74 Å². The van der Waals surface area contributed by atoms with Gasteiger partial charge in [-0.15, -0.1) is 5.10 Å². The van der Waals surface area contributed by atoms with E-state index in [1.54, 1.807) is 25.3 Å². The fourth-order valence-electron chi connectivity index (χ4n) is 4.09. The standard InChI is InChI=1S/C25H28N4O3/c1-3-22(19-7-5-4-6-8-19)25(31)28-17-15-27(16-18-28)23-13-14-24(30)29(26-23)20-9-11-21(32-2)12-10-20/h4-14,22H,3,15-18H2,1-2H3. The lowest BCUT2D eigenvalue weighted by molar-refractivity contribution is -0.133. The van der Waals surface area contributed by atoms with Crippen molar-refractivity contribution >= 4 is 11.7 Å². The molecule has 1 unspecified atom stereocenters. The molecular weight excluding hydrogens is 404 g/mol. The number of carbonyl (C=O) groups excluding carboxylic acids is 1. The van der Waals surface area contributed by atoms with E-state index in [0.29, 0.717) is 31.9 Å². The second kappa shape index (κ2) is 9.68. The molecule has 0 bridgehead atoms. The fraction of sp³-hybridized carbons (Fsp3) is 0.320. The van der Waals surface area contributed by atoms with Crippen LogP contribution in [0.2, 0.25) is 0 Å². The van der Waals surface area contributed by atoms with E-state index < -0.39 is 0 Å². The maximum Gasteiger partial charge on any atom is 0.271 e. The van der Waals surface area contributed by atoms with Crippen molar-refractivity contribution in [3.8, 4) is 11.4 Å². The second-order valence-electron chi connectivity index (χ2n) is 7.82. The van der Waals surface area contributed by atoms with Gasteiger partial charge in [0.1, 0.15) is 11.6 Å². The number of benzene rings is 2. The number of hydrogen-bond acceptors (Lipinski definition) is 5. The van der Waals surface area contributed by atoms with Gasteiger partial charge in [0.2, 0.25) is 5.91 Å². The van der Waals surface area contributed by atoms with Gasteiger partial charge in [0.15, 0.2) is 0 Å². The minimum atomic E-state index is -0.193. The molecule has 0 saturated carbocycles. The number of rotatable bonds is 6. The summed E-state index contributed by atoms with van der Waals surface area (Å²) in [7, 11) is 1.60. The molecule has 2 heterocycles. The van der Waals surface area contributed by atoms with Gasteiger partial charge >= 0.3 is 0 Å². The Morgan fingerprint density at radius 3 is 2.28 bits per heavy atom. The Labute approximate surface area is 187 Å². The largest absolute Gasteiger partial charge is 0.497 e. The summed E-state index contributed by atoms with van der Waals surface area (Å²) in [6, 6.07) is 20.5. The Balaban J connectivity index is 1.46. The van der Waals surface area contributed by atoms with Gasteiger partial charge in [-0.1, -0.05) is 37.3 Å². The molecule has 7 heteroatoms. The van der Waals surface area contributed by atoms with Crippen LogP contribution in [0.5, 0.6) is 5.75 Å². The Bertz CT molecular complexity index is 1100. The maximum absolute atomic E-state index is 13.1. The van der Waals surface area contributed by atoms with E-state index >= 15 is 0 Å². The van der Waals surface area contributed by atoms with Gasteiger partial charge in [0.05, 0.1) is 18.7 Å². The second-order valence-corrected chi connectivity index (χ2v) is 7.82. The third kappa shape index (κ3) is 4.51. The lowest BCUT2D eigenvalue weighted by atomic mass is 9.95. The molecule has 0 spiro atoms. The molecule has 7 nitrogen and oxygen atoms in total. The quantitative estimate of drug-likeness (QED) is 0.599. The molecule has 1 atom stereocenters. The molecule has 32 heavy (non-hydrogen) atoms. The van der Waals surface area contributed by atoms with Crippen LogP contribution < -0.4 is 15.2 Å². The molecule has 1 amide bonds. The van der Waals surface area contributed by atoms with Crippen LogP contribution in [0.15, 0.2) is 71.5 Å². The number of piperazine rings is 1. The van der Waals surface area contributed by atoms with Crippen molar-refractivity contribution in [2.45, 2.75) is 19.3 Å². The monoisotopic (exact) mass is 432 g/mol. The first kappa shape index (κ1) is 21.6. The van der Waals surface area contributed by atoms with Crippen LogP contribution in [-0.4, -0.2) is 53.9 Å². The zero-order valence-corrected chi connectivity index (χ0v) is 18.5. The van der Waals surface area contributed by atoms with Crippen molar-refractivity contribution in [1.29, 1.82) is 0 Å². The maximum atomic E-state index is 13.1. The van der Waals surface area contributed by atoms with E-state index in [9.17, 15) is 9.59 Å². The summed E-state index contributed by atoms with van der Waals surface area (Å²) in [4.78, 5) is 29.6. The van der Waals surface area contributed by atoms with Gasteiger partial charge in [-0.2, -0.15) is 4.68 Å². The Morgan fingerprint density at radius 1 is 0.969 bits per heavy atom. The Morgan fingerprint density at radius 2 is 1.66 bits per heavy atom. The van der Waals surface area contributed by atoms with E-state index in [1.807, 2.05) is 47.4 Å². The van der Waals surface area contributed by atoms with Crippen molar-refractivity contribution in [2.24, 2.45) is 0 Å². The molecule has 1 aliphatic heterocycles. The summed E-state index contributed by atoms with van der Waals surface area (Å²) in [5.41, 5.74) is 1.55. The van der Waals surface area contributed by atoms with Gasteiger partial charge in [-0.05, 0) is 42.3 Å². The predicted molar refractivity (Wildman–Crippen MR) is 125 cm³/mol. The summed E-state index contributed by atoms with van der Waals surface area (Å²) in [6.45, 7) is 4.66. The minimum Gasteiger partial charge on any atom is -0.497 e. The normalized spacial score (nSPS) is 14.8. The lowest BCUT2D eigenvalue weighted by Gasteiger charge is -2.37. The summed E-state index contributed by atoms with van der Waals surface area (Å²) in [5, 5.41) is 4.58. The predicted octanol–water partition coefficient (Wildman–Crippen LogP) is 3.08. The fourth-order valence-corrected chi connectivity index (χ4v) is 4.09. The van der Waals surface area contributed by atoms with Crippen molar-refractivity contribution in [1.82, 2.24) is 14.7 Å². The highest BCUT2D eigenvalue weighted by molar-refractivity contribution is 5.84. The highest BCUT2D eigenvalue weighted by atomic mass is 16.5. The molecule has 2 aromatic carbocycles. The minimum absolute atomic E-state index is 0.113. The molecule has 1 fully saturated rings. The third-order valence-corrected chi connectivity index (χ3v) is 5.93. The van der Waals surface area contributed by atoms with E-state index in [1.165, 1.54) is 10.7 Å². The molecule has 166 valence electrons. The molecule has 1 aliphatic rings. The third-order valence-electron chi connectivity index (χ3n) is 5.93. The Hall–Kier alpha value is -3.61. The van der Waals surface area contributed by atoms with E-state index in [-0.39, 0.29) is 17.4 Å². The highest BCUT2D eigenvalue weighted by Gasteiger charge is 2.28. The molecule has 1 aromatic heterocycles. The van der Waals surface area contributed by atoms with Crippen molar-refractivity contribution in [3.63, 3.8) is 0 Å². The lowest BCUT2D eigenvalue weighted by Crippen LogP contribution is -2.50. The zero-order valence-electron chi connectivity index (χ0n) is 18.5. The average Bonchev–Trinajstić information content (AvgIpc) is 2.85. The molecule has 0 radical (unpaired) electrons. The molecule has 0 aliphatic carbocycles. The van der Waals surface area contributed by atoms with Crippen LogP contribution >= 0.6 is 0 Å². The van der Waals surface area contributed by atoms with Crippen LogP contribution in [0.25, 0.3) is 5.69 Å². The molecule has 1 saturated heterocycles. The number of aromatic nitrogens is 2. The van der Waals surface area contributed by atoms with Crippen LogP contribution in [0, 0.1) is 0 Å². The first-order valence-corrected chi connectivity index (χ1v) is 10.9. The van der Waals surface area contributed by atoms with E-state index in [2.05, 4.69) is 16.9 Å². The molecule has 0 N–H and O–H groups in total. The average molecular weight is 433 g/mol. The smallest absolute Gasteiger partial charge is 0.271 e. The number of methoxy groups -OCH3 is 1. The van der Waals surface area contributed by atoms with Crippen molar-refractivity contribution < 1.29 is 9.53 Å². The number of amides is 1. The van der Waals surface area contributed by atoms with Gasteiger partial charge < -0.3 is 14.5 Å². The van der Waals surface area contributed by atoms with Gasteiger partial charge in [-0.25, -0.2) is 0 Å². The number of carbonyl (C=O) groups is 1. The Kier molecular flexibility index (Phi) is 6.54. The first-order valence-electron chi connectivity index (χ1n) is 10.9. The number of anilines is 1. The van der Waals surface area contributed by atoms with Gasteiger partial charge in [0.25, 0.3) is 5.56 Å². The zero-order chi connectivity index (χ0) is 22.5. The first-order chi connectivity index (χ1) is 15.6. The van der Waals surface area contributed by atoms with Gasteiger partial charge in [-0.3, -0.25) is 9.59 Å². The summed E-state index contributed by atoms with van der Waals surface area (Å²) >= 11 is 0. The highest BCUT2D eigenvalue weighted by Crippen LogP contribution is 2.23. The van der Waals surface area contributed by atoms with Gasteiger partial charge in [0, 0.05) is 32.2 Å². The topological polar surface area (TPSA) is 67.7 Å².